The Labute approximate surface area is 113 Å². The molecule has 0 spiro atoms. The maximum Gasteiger partial charge on any atom is 0.227 e. The number of hydrogen-bond acceptors (Lipinski definition) is 4. The predicted molar refractivity (Wildman–Crippen MR) is 72.2 cm³/mol. The molecule has 1 N–H and O–H groups in total. The van der Waals surface area contributed by atoms with Crippen molar-refractivity contribution in [2.24, 2.45) is 5.92 Å². The van der Waals surface area contributed by atoms with Gasteiger partial charge in [0, 0.05) is 31.2 Å². The van der Waals surface area contributed by atoms with E-state index < -0.39 is 0 Å². The van der Waals surface area contributed by atoms with Crippen LogP contribution in [0.1, 0.15) is 6.42 Å². The number of halogens is 1. The Hall–Kier alpha value is -1.17. The number of anilines is 1. The molecule has 0 radical (unpaired) electrons. The topological polar surface area (TPSA) is 53.4 Å². The molecule has 2 heterocycles. The van der Waals surface area contributed by atoms with Crippen LogP contribution in [-0.2, 0) is 4.79 Å². The van der Waals surface area contributed by atoms with Gasteiger partial charge in [-0.15, -0.1) is 11.3 Å². The van der Waals surface area contributed by atoms with Crippen LogP contribution >= 0.6 is 22.9 Å². The number of thiazole rings is 1. The molecule has 2 aromatic rings. The summed E-state index contributed by atoms with van der Waals surface area (Å²) < 4.78 is 1.51. The smallest absolute Gasteiger partial charge is 0.227 e. The first-order chi connectivity index (χ1) is 8.67. The Kier molecular flexibility index (Phi) is 2.97. The molecule has 1 aliphatic heterocycles. The highest BCUT2D eigenvalue weighted by atomic mass is 35.5. The van der Waals surface area contributed by atoms with Gasteiger partial charge in [0.25, 0.3) is 0 Å². The molecule has 6 heteroatoms. The van der Waals surface area contributed by atoms with Crippen molar-refractivity contribution in [1.29, 1.82) is 0 Å². The zero-order valence-corrected chi connectivity index (χ0v) is 11.0. The molecule has 0 saturated carbocycles. The maximum atomic E-state index is 11.9. The quantitative estimate of drug-likeness (QED) is 0.919. The van der Waals surface area contributed by atoms with Crippen LogP contribution in [0.2, 0.25) is 4.47 Å². The van der Waals surface area contributed by atoms with Crippen molar-refractivity contribution in [2.45, 2.75) is 6.42 Å². The van der Waals surface area contributed by atoms with Gasteiger partial charge >= 0.3 is 0 Å². The van der Waals surface area contributed by atoms with Crippen LogP contribution in [0.15, 0.2) is 18.2 Å². The molecule has 0 aliphatic carbocycles. The minimum absolute atomic E-state index is 0.0345. The van der Waals surface area contributed by atoms with Gasteiger partial charge in [-0.25, -0.2) is 4.98 Å². The lowest BCUT2D eigenvalue weighted by atomic mass is 10.1. The molecule has 18 heavy (non-hydrogen) atoms. The van der Waals surface area contributed by atoms with Gasteiger partial charge in [0.15, 0.2) is 4.47 Å². The second kappa shape index (κ2) is 4.50. The summed E-state index contributed by atoms with van der Waals surface area (Å²) in [6.07, 6.45) is 0.409. The summed E-state index contributed by atoms with van der Waals surface area (Å²) in [5.41, 5.74) is 1.63. The molecule has 1 fully saturated rings. The van der Waals surface area contributed by atoms with Gasteiger partial charge in [0.2, 0.25) is 5.91 Å². The first-order valence-corrected chi connectivity index (χ1v) is 6.84. The van der Waals surface area contributed by atoms with Crippen molar-refractivity contribution >= 4 is 44.7 Å². The molecule has 1 aromatic carbocycles. The van der Waals surface area contributed by atoms with Crippen molar-refractivity contribution in [3.05, 3.63) is 22.7 Å². The average molecular weight is 283 g/mol. The van der Waals surface area contributed by atoms with E-state index >= 15 is 0 Å². The summed E-state index contributed by atoms with van der Waals surface area (Å²) in [5.74, 6) is 0.0851. The Morgan fingerprint density at radius 2 is 2.39 bits per heavy atom. The standard InChI is InChI=1S/C12H11ClN2O2S/c13-12-14-9-4-8(1-2-10(9)18-12)15-5-7(6-16)3-11(15)17/h1-2,4,7,16H,3,5-6H2. The SMILES string of the molecule is O=C1CC(CO)CN1c1ccc2sc(Cl)nc2c1. The van der Waals surface area contributed by atoms with E-state index in [2.05, 4.69) is 4.98 Å². The lowest BCUT2D eigenvalue weighted by molar-refractivity contribution is -0.117. The number of carbonyl (C=O) groups is 1. The third kappa shape index (κ3) is 1.98. The number of rotatable bonds is 2. The fourth-order valence-corrected chi connectivity index (χ4v) is 3.22. The number of aliphatic hydroxyl groups is 1. The minimum atomic E-state index is 0.0345. The third-order valence-corrected chi connectivity index (χ3v) is 4.26. The molecule has 3 rings (SSSR count). The van der Waals surface area contributed by atoms with Gasteiger partial charge in [-0.2, -0.15) is 0 Å². The van der Waals surface area contributed by atoms with Crippen LogP contribution in [-0.4, -0.2) is 29.1 Å². The minimum Gasteiger partial charge on any atom is -0.396 e. The highest BCUT2D eigenvalue weighted by Gasteiger charge is 2.30. The number of fused-ring (bicyclic) bond motifs is 1. The van der Waals surface area contributed by atoms with Crippen LogP contribution in [0.3, 0.4) is 0 Å². The van der Waals surface area contributed by atoms with Gasteiger partial charge < -0.3 is 10.0 Å². The van der Waals surface area contributed by atoms with E-state index in [1.165, 1.54) is 11.3 Å². The fraction of sp³-hybridized carbons (Fsp3) is 0.333. The second-order valence-electron chi connectivity index (χ2n) is 4.38. The molecule has 1 saturated heterocycles. The molecular weight excluding hydrogens is 272 g/mol. The number of amides is 1. The van der Waals surface area contributed by atoms with Crippen LogP contribution in [0, 0.1) is 5.92 Å². The molecule has 1 aliphatic rings. The van der Waals surface area contributed by atoms with Gasteiger partial charge in [0.05, 0.1) is 10.2 Å². The maximum absolute atomic E-state index is 11.9. The molecular formula is C12H11ClN2O2S. The van der Waals surface area contributed by atoms with Crippen LogP contribution in [0.25, 0.3) is 10.2 Å². The van der Waals surface area contributed by atoms with Crippen molar-refractivity contribution in [3.8, 4) is 0 Å². The van der Waals surface area contributed by atoms with E-state index in [0.29, 0.717) is 17.4 Å². The van der Waals surface area contributed by atoms with E-state index in [0.717, 1.165) is 15.9 Å². The Morgan fingerprint density at radius 1 is 1.56 bits per heavy atom. The number of aliphatic hydroxyl groups excluding tert-OH is 1. The summed E-state index contributed by atoms with van der Waals surface area (Å²) in [4.78, 5) is 17.8. The van der Waals surface area contributed by atoms with Crippen molar-refractivity contribution < 1.29 is 9.90 Å². The van der Waals surface area contributed by atoms with Crippen LogP contribution in [0.4, 0.5) is 5.69 Å². The molecule has 1 amide bonds. The molecule has 94 valence electrons. The van der Waals surface area contributed by atoms with E-state index in [1.54, 1.807) is 4.90 Å². The van der Waals surface area contributed by atoms with E-state index in [1.807, 2.05) is 18.2 Å². The predicted octanol–water partition coefficient (Wildman–Crippen LogP) is 2.29. The normalized spacial score (nSPS) is 20.0. The van der Waals surface area contributed by atoms with Crippen LogP contribution < -0.4 is 4.90 Å². The number of aromatic nitrogens is 1. The van der Waals surface area contributed by atoms with E-state index in [9.17, 15) is 4.79 Å². The van der Waals surface area contributed by atoms with Gasteiger partial charge in [-0.3, -0.25) is 4.79 Å². The summed E-state index contributed by atoms with van der Waals surface area (Å²) in [6, 6.07) is 5.69. The van der Waals surface area contributed by atoms with E-state index in [-0.39, 0.29) is 18.4 Å². The second-order valence-corrected chi connectivity index (χ2v) is 5.99. The lowest BCUT2D eigenvalue weighted by Crippen LogP contribution is -2.24. The monoisotopic (exact) mass is 282 g/mol. The molecule has 4 nitrogen and oxygen atoms in total. The summed E-state index contributed by atoms with van der Waals surface area (Å²) in [5, 5.41) is 9.12. The number of hydrogen-bond donors (Lipinski definition) is 1. The number of nitrogens with zero attached hydrogens (tertiary/aromatic N) is 2. The summed E-state index contributed by atoms with van der Waals surface area (Å²) >= 11 is 7.28. The fourth-order valence-electron chi connectivity index (χ4n) is 2.21. The molecule has 0 bridgehead atoms. The largest absolute Gasteiger partial charge is 0.396 e. The van der Waals surface area contributed by atoms with Gasteiger partial charge in [-0.05, 0) is 18.2 Å². The number of carbonyl (C=O) groups excluding carboxylic acids is 1. The van der Waals surface area contributed by atoms with Crippen LogP contribution in [0.5, 0.6) is 0 Å². The zero-order valence-electron chi connectivity index (χ0n) is 9.47. The Balaban J connectivity index is 1.96. The first kappa shape index (κ1) is 11.9. The Bertz CT molecular complexity index is 613. The average Bonchev–Trinajstić information content (AvgIpc) is 2.89. The Morgan fingerprint density at radius 3 is 3.11 bits per heavy atom. The first-order valence-electron chi connectivity index (χ1n) is 5.64. The summed E-state index contributed by atoms with van der Waals surface area (Å²) in [6.45, 7) is 0.617. The van der Waals surface area contributed by atoms with E-state index in [4.69, 9.17) is 16.7 Å². The van der Waals surface area contributed by atoms with Gasteiger partial charge in [0.1, 0.15) is 0 Å². The van der Waals surface area contributed by atoms with Gasteiger partial charge in [-0.1, -0.05) is 11.6 Å². The number of benzene rings is 1. The highest BCUT2D eigenvalue weighted by Crippen LogP contribution is 2.31. The lowest BCUT2D eigenvalue weighted by Gasteiger charge is -2.16. The highest BCUT2D eigenvalue weighted by molar-refractivity contribution is 7.22. The van der Waals surface area contributed by atoms with Crippen molar-refractivity contribution in [2.75, 3.05) is 18.1 Å². The summed E-state index contributed by atoms with van der Waals surface area (Å²) in [7, 11) is 0. The molecule has 1 aromatic heterocycles. The zero-order chi connectivity index (χ0) is 12.7. The van der Waals surface area contributed by atoms with Crippen molar-refractivity contribution in [1.82, 2.24) is 4.98 Å². The molecule has 1 unspecified atom stereocenters. The third-order valence-electron chi connectivity index (χ3n) is 3.12. The molecule has 1 atom stereocenters. The van der Waals surface area contributed by atoms with Crippen molar-refractivity contribution in [3.63, 3.8) is 0 Å².